The van der Waals surface area contributed by atoms with Crippen molar-refractivity contribution in [2.75, 3.05) is 13.7 Å². The van der Waals surface area contributed by atoms with Crippen LogP contribution in [0.1, 0.15) is 11.3 Å². The molecule has 0 saturated heterocycles. The summed E-state index contributed by atoms with van der Waals surface area (Å²) in [5.74, 6) is 0.939. The molecule has 0 saturated carbocycles. The zero-order valence-electron chi connectivity index (χ0n) is 10.9. The lowest BCUT2D eigenvalue weighted by molar-refractivity contribution is 0.288. The Balaban J connectivity index is 1.78. The second-order valence-corrected chi connectivity index (χ2v) is 6.19. The Morgan fingerprint density at radius 2 is 2.05 bits per heavy atom. The van der Waals surface area contributed by atoms with Crippen molar-refractivity contribution in [2.45, 2.75) is 18.9 Å². The number of hydrogen-bond donors (Lipinski definition) is 1. The number of thiophene rings is 1. The minimum absolute atomic E-state index is 0.443. The molecule has 0 aliphatic carbocycles. The average Bonchev–Trinajstić information content (AvgIpc) is 2.84. The van der Waals surface area contributed by atoms with Gasteiger partial charge in [-0.25, -0.2) is 0 Å². The standard InChI is InChI=1S/C15H18BrNOS/c1-17-12(11-15-14(16)8-10-19-15)7-9-18-13-5-3-2-4-6-13/h2-6,8,10,12,17H,7,9,11H2,1H3. The van der Waals surface area contributed by atoms with Gasteiger partial charge < -0.3 is 10.1 Å². The lowest BCUT2D eigenvalue weighted by Crippen LogP contribution is -2.29. The number of hydrogen-bond acceptors (Lipinski definition) is 3. The van der Waals surface area contributed by atoms with Crippen molar-refractivity contribution in [3.63, 3.8) is 0 Å². The first-order valence-corrected chi connectivity index (χ1v) is 8.04. The number of nitrogens with one attached hydrogen (secondary N) is 1. The lowest BCUT2D eigenvalue weighted by atomic mass is 10.1. The van der Waals surface area contributed by atoms with E-state index in [2.05, 4.69) is 32.7 Å². The van der Waals surface area contributed by atoms with Crippen LogP contribution in [0.5, 0.6) is 5.75 Å². The molecule has 0 bridgehead atoms. The molecule has 0 amide bonds. The van der Waals surface area contributed by atoms with Crippen LogP contribution in [0.2, 0.25) is 0 Å². The quantitative estimate of drug-likeness (QED) is 0.819. The topological polar surface area (TPSA) is 21.3 Å². The van der Waals surface area contributed by atoms with Gasteiger partial charge in [-0.15, -0.1) is 11.3 Å². The van der Waals surface area contributed by atoms with Gasteiger partial charge in [0.25, 0.3) is 0 Å². The summed E-state index contributed by atoms with van der Waals surface area (Å²) >= 11 is 5.38. The molecule has 0 aliphatic heterocycles. The number of para-hydroxylation sites is 1. The molecular formula is C15H18BrNOS. The van der Waals surface area contributed by atoms with Crippen molar-refractivity contribution in [1.82, 2.24) is 5.32 Å². The van der Waals surface area contributed by atoms with Crippen LogP contribution in [0, 0.1) is 0 Å². The van der Waals surface area contributed by atoms with Gasteiger partial charge in [0.1, 0.15) is 5.75 Å². The van der Waals surface area contributed by atoms with Crippen molar-refractivity contribution >= 4 is 27.3 Å². The van der Waals surface area contributed by atoms with Crippen LogP contribution in [0.3, 0.4) is 0 Å². The van der Waals surface area contributed by atoms with E-state index in [-0.39, 0.29) is 0 Å². The van der Waals surface area contributed by atoms with E-state index >= 15 is 0 Å². The molecule has 2 rings (SSSR count). The van der Waals surface area contributed by atoms with Gasteiger partial charge in [-0.05, 0) is 59.4 Å². The fourth-order valence-corrected chi connectivity index (χ4v) is 3.47. The summed E-state index contributed by atoms with van der Waals surface area (Å²) in [5, 5.41) is 5.48. The minimum Gasteiger partial charge on any atom is -0.494 e. The Bertz CT molecular complexity index is 486. The highest BCUT2D eigenvalue weighted by Gasteiger charge is 2.10. The fourth-order valence-electron chi connectivity index (χ4n) is 1.88. The summed E-state index contributed by atoms with van der Waals surface area (Å²) in [4.78, 5) is 1.39. The smallest absolute Gasteiger partial charge is 0.119 e. The normalized spacial score (nSPS) is 12.3. The van der Waals surface area contributed by atoms with Crippen molar-refractivity contribution in [3.8, 4) is 5.75 Å². The Labute approximate surface area is 126 Å². The van der Waals surface area contributed by atoms with E-state index < -0.39 is 0 Å². The average molecular weight is 340 g/mol. The zero-order chi connectivity index (χ0) is 13.5. The van der Waals surface area contributed by atoms with E-state index in [1.54, 1.807) is 11.3 Å². The second kappa shape index (κ2) is 7.68. The molecule has 4 heteroatoms. The first-order valence-electron chi connectivity index (χ1n) is 6.36. The van der Waals surface area contributed by atoms with E-state index in [0.29, 0.717) is 6.04 Å². The number of rotatable bonds is 7. The van der Waals surface area contributed by atoms with Crippen molar-refractivity contribution in [3.05, 3.63) is 51.1 Å². The van der Waals surface area contributed by atoms with E-state index in [9.17, 15) is 0 Å². The number of ether oxygens (including phenoxy) is 1. The Kier molecular flexibility index (Phi) is 5.89. The number of halogens is 1. The summed E-state index contributed by atoms with van der Waals surface area (Å²) in [7, 11) is 2.01. The molecule has 1 heterocycles. The summed E-state index contributed by atoms with van der Waals surface area (Å²) in [6, 6.07) is 12.5. The summed E-state index contributed by atoms with van der Waals surface area (Å²) in [6.07, 6.45) is 2.03. The van der Waals surface area contributed by atoms with Crippen LogP contribution in [0.25, 0.3) is 0 Å². The van der Waals surface area contributed by atoms with Crippen LogP contribution >= 0.6 is 27.3 Å². The first kappa shape index (κ1) is 14.6. The number of likely N-dealkylation sites (N-methyl/N-ethyl adjacent to an activating group) is 1. The third-order valence-corrected chi connectivity index (χ3v) is 4.96. The maximum Gasteiger partial charge on any atom is 0.119 e. The summed E-state index contributed by atoms with van der Waals surface area (Å²) < 4.78 is 6.95. The zero-order valence-corrected chi connectivity index (χ0v) is 13.3. The summed E-state index contributed by atoms with van der Waals surface area (Å²) in [5.41, 5.74) is 0. The molecule has 1 aromatic carbocycles. The van der Waals surface area contributed by atoms with Crippen LogP contribution in [0.4, 0.5) is 0 Å². The van der Waals surface area contributed by atoms with Crippen LogP contribution in [-0.4, -0.2) is 19.7 Å². The molecule has 2 nitrogen and oxygen atoms in total. The van der Waals surface area contributed by atoms with Gasteiger partial charge in [0.15, 0.2) is 0 Å². The van der Waals surface area contributed by atoms with E-state index in [4.69, 9.17) is 4.74 Å². The van der Waals surface area contributed by atoms with Gasteiger partial charge >= 0.3 is 0 Å². The van der Waals surface area contributed by atoms with Gasteiger partial charge in [0.2, 0.25) is 0 Å². The predicted octanol–water partition coefficient (Wildman–Crippen LogP) is 4.11. The molecule has 19 heavy (non-hydrogen) atoms. The fraction of sp³-hybridized carbons (Fsp3) is 0.333. The van der Waals surface area contributed by atoms with Gasteiger partial charge in [0, 0.05) is 15.4 Å². The van der Waals surface area contributed by atoms with Crippen molar-refractivity contribution < 1.29 is 4.74 Å². The largest absolute Gasteiger partial charge is 0.494 e. The molecule has 102 valence electrons. The van der Waals surface area contributed by atoms with Crippen LogP contribution in [0.15, 0.2) is 46.3 Å². The molecule has 0 spiro atoms. The van der Waals surface area contributed by atoms with Gasteiger partial charge in [-0.2, -0.15) is 0 Å². The molecule has 1 aromatic heterocycles. The highest BCUT2D eigenvalue weighted by atomic mass is 79.9. The highest BCUT2D eigenvalue weighted by Crippen LogP contribution is 2.24. The third kappa shape index (κ3) is 4.64. The second-order valence-electron chi connectivity index (χ2n) is 4.33. The molecule has 0 fully saturated rings. The molecule has 0 aliphatic rings. The van der Waals surface area contributed by atoms with E-state index in [1.165, 1.54) is 9.35 Å². The maximum atomic E-state index is 5.74. The molecular weight excluding hydrogens is 322 g/mol. The van der Waals surface area contributed by atoms with Gasteiger partial charge in [-0.3, -0.25) is 0 Å². The van der Waals surface area contributed by atoms with E-state index in [1.807, 2.05) is 37.4 Å². The van der Waals surface area contributed by atoms with Gasteiger partial charge in [-0.1, -0.05) is 18.2 Å². The van der Waals surface area contributed by atoms with Crippen LogP contribution in [-0.2, 0) is 6.42 Å². The first-order chi connectivity index (χ1) is 9.29. The Morgan fingerprint density at radius 1 is 1.26 bits per heavy atom. The van der Waals surface area contributed by atoms with E-state index in [0.717, 1.165) is 25.2 Å². The van der Waals surface area contributed by atoms with Crippen molar-refractivity contribution in [2.24, 2.45) is 0 Å². The van der Waals surface area contributed by atoms with Gasteiger partial charge in [0.05, 0.1) is 6.61 Å². The third-order valence-electron chi connectivity index (χ3n) is 3.01. The molecule has 1 unspecified atom stereocenters. The Morgan fingerprint density at radius 3 is 2.68 bits per heavy atom. The monoisotopic (exact) mass is 339 g/mol. The highest BCUT2D eigenvalue weighted by molar-refractivity contribution is 9.10. The molecule has 1 N–H and O–H groups in total. The maximum absolute atomic E-state index is 5.74. The summed E-state index contributed by atoms with van der Waals surface area (Å²) in [6.45, 7) is 0.735. The SMILES string of the molecule is CNC(CCOc1ccccc1)Cc1sccc1Br. The molecule has 0 radical (unpaired) electrons. The molecule has 1 atom stereocenters. The molecule has 2 aromatic rings. The minimum atomic E-state index is 0.443. The van der Waals surface area contributed by atoms with Crippen molar-refractivity contribution in [1.29, 1.82) is 0 Å². The van der Waals surface area contributed by atoms with Crippen LogP contribution < -0.4 is 10.1 Å². The lowest BCUT2D eigenvalue weighted by Gasteiger charge is -2.16. The predicted molar refractivity (Wildman–Crippen MR) is 85.1 cm³/mol. The number of benzene rings is 1. The Hall–Kier alpha value is -0.840.